The van der Waals surface area contributed by atoms with Crippen LogP contribution >= 0.6 is 39.1 Å². The first-order chi connectivity index (χ1) is 9.52. The number of benzene rings is 2. The predicted molar refractivity (Wildman–Crippen MR) is 82.6 cm³/mol. The molecule has 0 fully saturated rings. The van der Waals surface area contributed by atoms with E-state index in [1.165, 1.54) is 6.07 Å². The standard InChI is InChI=1S/C14H8BrCl2FN2/c15-10-3-4-12(14(17)13(10)16)20-7-9-2-1-8(6-19)5-11(9)18/h1-5,20H,7H2. The van der Waals surface area contributed by atoms with Crippen LogP contribution in [0.25, 0.3) is 0 Å². The van der Waals surface area contributed by atoms with E-state index in [-0.39, 0.29) is 12.1 Å². The van der Waals surface area contributed by atoms with Crippen molar-refractivity contribution < 1.29 is 4.39 Å². The summed E-state index contributed by atoms with van der Waals surface area (Å²) in [5.41, 5.74) is 1.35. The molecule has 0 radical (unpaired) electrons. The predicted octanol–water partition coefficient (Wildman–Crippen LogP) is 5.38. The van der Waals surface area contributed by atoms with E-state index >= 15 is 0 Å². The summed E-state index contributed by atoms with van der Waals surface area (Å²) in [4.78, 5) is 0. The van der Waals surface area contributed by atoms with Crippen LogP contribution in [0.1, 0.15) is 11.1 Å². The number of nitriles is 1. The van der Waals surface area contributed by atoms with Crippen LogP contribution in [0, 0.1) is 17.1 Å². The molecule has 2 aromatic rings. The van der Waals surface area contributed by atoms with Crippen LogP contribution in [0.5, 0.6) is 0 Å². The Bertz CT molecular complexity index is 698. The van der Waals surface area contributed by atoms with E-state index in [0.717, 1.165) is 0 Å². The van der Waals surface area contributed by atoms with Gasteiger partial charge in [-0.3, -0.25) is 0 Å². The van der Waals surface area contributed by atoms with E-state index in [0.29, 0.717) is 25.8 Å². The van der Waals surface area contributed by atoms with Crippen LogP contribution in [0.2, 0.25) is 10.0 Å². The van der Waals surface area contributed by atoms with Gasteiger partial charge < -0.3 is 5.32 Å². The largest absolute Gasteiger partial charge is 0.380 e. The van der Waals surface area contributed by atoms with Crippen LogP contribution in [0.15, 0.2) is 34.8 Å². The average molecular weight is 374 g/mol. The van der Waals surface area contributed by atoms with E-state index in [9.17, 15) is 4.39 Å². The maximum absolute atomic E-state index is 13.7. The maximum atomic E-state index is 13.7. The molecule has 0 bridgehead atoms. The molecule has 6 heteroatoms. The van der Waals surface area contributed by atoms with Crippen molar-refractivity contribution in [3.8, 4) is 6.07 Å². The van der Waals surface area contributed by atoms with Crippen LogP contribution < -0.4 is 5.32 Å². The SMILES string of the molecule is N#Cc1ccc(CNc2ccc(Br)c(Cl)c2Cl)c(F)c1. The minimum Gasteiger partial charge on any atom is -0.380 e. The van der Waals surface area contributed by atoms with Crippen molar-refractivity contribution in [2.75, 3.05) is 5.32 Å². The van der Waals surface area contributed by atoms with Crippen molar-refractivity contribution >= 4 is 44.8 Å². The topological polar surface area (TPSA) is 35.8 Å². The lowest BCUT2D eigenvalue weighted by Crippen LogP contribution is -2.02. The third kappa shape index (κ3) is 3.24. The molecule has 2 nitrogen and oxygen atoms in total. The third-order valence-corrected chi connectivity index (χ3v) is 4.46. The summed E-state index contributed by atoms with van der Waals surface area (Å²) in [5.74, 6) is -0.434. The van der Waals surface area contributed by atoms with Crippen LogP contribution in [0.3, 0.4) is 0 Å². The van der Waals surface area contributed by atoms with E-state index in [1.54, 1.807) is 24.3 Å². The number of nitrogens with zero attached hydrogens (tertiary/aromatic N) is 1. The van der Waals surface area contributed by atoms with Crippen molar-refractivity contribution in [2.45, 2.75) is 6.54 Å². The lowest BCUT2D eigenvalue weighted by molar-refractivity contribution is 0.612. The summed E-state index contributed by atoms with van der Waals surface area (Å²) in [5, 5.41) is 12.5. The first-order valence-corrected chi connectivity index (χ1v) is 7.13. The van der Waals surface area contributed by atoms with Gasteiger partial charge in [-0.1, -0.05) is 29.3 Å². The van der Waals surface area contributed by atoms with E-state index in [1.807, 2.05) is 6.07 Å². The summed E-state index contributed by atoms with van der Waals surface area (Å²) in [6.07, 6.45) is 0. The highest BCUT2D eigenvalue weighted by Crippen LogP contribution is 2.36. The average Bonchev–Trinajstić information content (AvgIpc) is 2.45. The zero-order valence-electron chi connectivity index (χ0n) is 10.1. The molecule has 20 heavy (non-hydrogen) atoms. The van der Waals surface area contributed by atoms with E-state index in [4.69, 9.17) is 28.5 Å². The monoisotopic (exact) mass is 372 g/mol. The molecule has 0 aliphatic heterocycles. The van der Waals surface area contributed by atoms with Gasteiger partial charge in [-0.05, 0) is 40.2 Å². The highest BCUT2D eigenvalue weighted by atomic mass is 79.9. The van der Waals surface area contributed by atoms with Crippen molar-refractivity contribution in [3.63, 3.8) is 0 Å². The number of nitrogens with one attached hydrogen (secondary N) is 1. The minimum atomic E-state index is -0.434. The summed E-state index contributed by atoms with van der Waals surface area (Å²) in [6, 6.07) is 9.72. The Morgan fingerprint density at radius 3 is 2.60 bits per heavy atom. The molecule has 102 valence electrons. The first-order valence-electron chi connectivity index (χ1n) is 5.59. The van der Waals surface area contributed by atoms with Crippen molar-refractivity contribution in [1.29, 1.82) is 5.26 Å². The van der Waals surface area contributed by atoms with E-state index < -0.39 is 5.82 Å². The molecule has 0 heterocycles. The Balaban J connectivity index is 2.18. The zero-order chi connectivity index (χ0) is 14.7. The number of hydrogen-bond acceptors (Lipinski definition) is 2. The fourth-order valence-corrected chi connectivity index (χ4v) is 2.45. The maximum Gasteiger partial charge on any atom is 0.129 e. The Kier molecular flexibility index (Phi) is 4.87. The Hall–Kier alpha value is -1.28. The van der Waals surface area contributed by atoms with Gasteiger partial charge in [0.25, 0.3) is 0 Å². The highest BCUT2D eigenvalue weighted by Gasteiger charge is 2.09. The second-order valence-electron chi connectivity index (χ2n) is 3.99. The molecule has 0 saturated carbocycles. The molecule has 0 aromatic heterocycles. The minimum absolute atomic E-state index is 0.245. The van der Waals surface area contributed by atoms with Crippen molar-refractivity contribution in [3.05, 3.63) is 61.8 Å². The van der Waals surface area contributed by atoms with Gasteiger partial charge in [-0.15, -0.1) is 0 Å². The van der Waals surface area contributed by atoms with Gasteiger partial charge in [0.05, 0.1) is 27.4 Å². The van der Waals surface area contributed by atoms with Gasteiger partial charge in [0.2, 0.25) is 0 Å². The molecule has 0 atom stereocenters. The van der Waals surface area contributed by atoms with Gasteiger partial charge in [-0.25, -0.2) is 4.39 Å². The second kappa shape index (κ2) is 6.45. The number of anilines is 1. The van der Waals surface area contributed by atoms with Gasteiger partial charge in [-0.2, -0.15) is 5.26 Å². The highest BCUT2D eigenvalue weighted by molar-refractivity contribution is 9.10. The Labute approximate surface area is 134 Å². The van der Waals surface area contributed by atoms with Gasteiger partial charge in [0, 0.05) is 16.6 Å². The summed E-state index contributed by atoms with van der Waals surface area (Å²) in [6.45, 7) is 0.245. The summed E-state index contributed by atoms with van der Waals surface area (Å²) < 4.78 is 14.4. The third-order valence-electron chi connectivity index (χ3n) is 2.69. The van der Waals surface area contributed by atoms with Gasteiger partial charge in [0.1, 0.15) is 5.82 Å². The van der Waals surface area contributed by atoms with Crippen molar-refractivity contribution in [2.24, 2.45) is 0 Å². The molecule has 0 unspecified atom stereocenters. The van der Waals surface area contributed by atoms with E-state index in [2.05, 4.69) is 21.2 Å². The number of halogens is 4. The molecule has 2 rings (SSSR count). The quantitative estimate of drug-likeness (QED) is 0.733. The normalized spacial score (nSPS) is 10.2. The number of hydrogen-bond donors (Lipinski definition) is 1. The van der Waals surface area contributed by atoms with Crippen LogP contribution in [-0.4, -0.2) is 0 Å². The molecular formula is C14H8BrCl2FN2. The zero-order valence-corrected chi connectivity index (χ0v) is 13.2. The molecule has 2 aromatic carbocycles. The first kappa shape index (κ1) is 15.1. The molecular weight excluding hydrogens is 366 g/mol. The summed E-state index contributed by atoms with van der Waals surface area (Å²) >= 11 is 15.4. The fraction of sp³-hybridized carbons (Fsp3) is 0.0714. The Morgan fingerprint density at radius 2 is 1.95 bits per heavy atom. The van der Waals surface area contributed by atoms with Crippen LogP contribution in [0.4, 0.5) is 10.1 Å². The lowest BCUT2D eigenvalue weighted by atomic mass is 10.1. The second-order valence-corrected chi connectivity index (χ2v) is 5.60. The Morgan fingerprint density at radius 1 is 1.20 bits per heavy atom. The molecule has 1 N–H and O–H groups in total. The fourth-order valence-electron chi connectivity index (χ4n) is 1.61. The lowest BCUT2D eigenvalue weighted by Gasteiger charge is -2.11. The number of rotatable bonds is 3. The van der Waals surface area contributed by atoms with Crippen LogP contribution in [-0.2, 0) is 6.54 Å². The molecule has 0 aliphatic carbocycles. The molecule has 0 amide bonds. The van der Waals surface area contributed by atoms with Gasteiger partial charge >= 0.3 is 0 Å². The summed E-state index contributed by atoms with van der Waals surface area (Å²) in [7, 11) is 0. The molecule has 0 spiro atoms. The van der Waals surface area contributed by atoms with Crippen molar-refractivity contribution in [1.82, 2.24) is 0 Å². The smallest absolute Gasteiger partial charge is 0.129 e. The molecule has 0 aliphatic rings. The molecule has 0 saturated heterocycles. The van der Waals surface area contributed by atoms with Gasteiger partial charge in [0.15, 0.2) is 0 Å².